The number of ether oxygens (including phenoxy) is 2. The van der Waals surface area contributed by atoms with Gasteiger partial charge in [-0.1, -0.05) is 12.1 Å². The van der Waals surface area contributed by atoms with Gasteiger partial charge in [0.1, 0.15) is 24.3 Å². The molecule has 0 amide bonds. The third-order valence-corrected chi connectivity index (χ3v) is 7.07. The predicted octanol–water partition coefficient (Wildman–Crippen LogP) is 3.67. The van der Waals surface area contributed by atoms with Crippen LogP contribution in [0.15, 0.2) is 28.8 Å². The standard InChI is InChI=1S/C29H39N5O5/c1-7-20-12-21(10-18(4)26(20)38-17-24(35)16-33-14-23(15-33)29(36)37-6)27-31-28(39-32-27)22-11-19(5)30-25(13-22)34(8-2)9-3/h10-13,23-24,35H,7-9,14-17H2,1-6H3. The van der Waals surface area contributed by atoms with Crippen molar-refractivity contribution in [2.45, 2.75) is 47.1 Å². The Morgan fingerprint density at radius 3 is 2.54 bits per heavy atom. The number of carbonyl (C=O) groups excluding carboxylic acids is 1. The molecule has 39 heavy (non-hydrogen) atoms. The van der Waals surface area contributed by atoms with E-state index in [1.54, 1.807) is 0 Å². The highest BCUT2D eigenvalue weighted by molar-refractivity contribution is 5.73. The van der Waals surface area contributed by atoms with E-state index in [-0.39, 0.29) is 18.5 Å². The zero-order chi connectivity index (χ0) is 28.1. The second-order valence-electron chi connectivity index (χ2n) is 9.99. The number of esters is 1. The van der Waals surface area contributed by atoms with Crippen LogP contribution < -0.4 is 9.64 Å². The smallest absolute Gasteiger partial charge is 0.311 e. The van der Waals surface area contributed by atoms with E-state index in [1.165, 1.54) is 7.11 Å². The zero-order valence-electron chi connectivity index (χ0n) is 23.7. The number of benzene rings is 1. The number of aliphatic hydroxyl groups excluding tert-OH is 1. The van der Waals surface area contributed by atoms with E-state index >= 15 is 0 Å². The summed E-state index contributed by atoms with van der Waals surface area (Å²) in [5.74, 6) is 2.29. The lowest BCUT2D eigenvalue weighted by Crippen LogP contribution is -2.53. The molecule has 1 atom stereocenters. The second-order valence-corrected chi connectivity index (χ2v) is 9.99. The molecule has 0 radical (unpaired) electrons. The average Bonchev–Trinajstić information content (AvgIpc) is 3.40. The predicted molar refractivity (Wildman–Crippen MR) is 149 cm³/mol. The van der Waals surface area contributed by atoms with Crippen LogP contribution in [0.1, 0.15) is 37.6 Å². The fraction of sp³-hybridized carbons (Fsp3) is 0.517. The molecule has 1 aliphatic rings. The Labute approximate surface area is 229 Å². The summed E-state index contributed by atoms with van der Waals surface area (Å²) in [6, 6.07) is 7.92. The summed E-state index contributed by atoms with van der Waals surface area (Å²) in [6.45, 7) is 13.7. The number of rotatable bonds is 12. The lowest BCUT2D eigenvalue weighted by molar-refractivity contribution is -0.152. The molecule has 10 heteroatoms. The third kappa shape index (κ3) is 6.57. The van der Waals surface area contributed by atoms with Crippen molar-refractivity contribution in [2.75, 3.05) is 51.3 Å². The van der Waals surface area contributed by atoms with Crippen molar-refractivity contribution in [3.8, 4) is 28.6 Å². The minimum Gasteiger partial charge on any atom is -0.490 e. The number of β-amino-alcohol motifs (C(OH)–C–C–N with tert-alkyl or cyclic N) is 1. The SMILES string of the molecule is CCc1cc(-c2noc(-c3cc(C)nc(N(CC)CC)c3)n2)cc(C)c1OCC(O)CN1CC(C(=O)OC)C1. The van der Waals surface area contributed by atoms with E-state index in [4.69, 9.17) is 19.0 Å². The summed E-state index contributed by atoms with van der Waals surface area (Å²) >= 11 is 0. The van der Waals surface area contributed by atoms with E-state index in [0.29, 0.717) is 31.3 Å². The molecule has 0 spiro atoms. The van der Waals surface area contributed by atoms with Crippen molar-refractivity contribution in [1.29, 1.82) is 0 Å². The quantitative estimate of drug-likeness (QED) is 0.343. The molecule has 0 saturated carbocycles. The molecule has 210 valence electrons. The molecule has 2 aromatic heterocycles. The van der Waals surface area contributed by atoms with E-state index in [0.717, 1.165) is 59.0 Å². The highest BCUT2D eigenvalue weighted by atomic mass is 16.5. The van der Waals surface area contributed by atoms with Gasteiger partial charge < -0.3 is 24.0 Å². The molecule has 1 N–H and O–H groups in total. The summed E-state index contributed by atoms with van der Waals surface area (Å²) in [6.07, 6.45) is 0.0753. The Morgan fingerprint density at radius 2 is 1.87 bits per heavy atom. The van der Waals surface area contributed by atoms with Gasteiger partial charge in [-0.15, -0.1) is 0 Å². The monoisotopic (exact) mass is 537 g/mol. The Balaban J connectivity index is 1.45. The molecule has 1 aromatic carbocycles. The molecule has 0 aliphatic carbocycles. The van der Waals surface area contributed by atoms with Crippen molar-refractivity contribution in [1.82, 2.24) is 20.0 Å². The molecule has 10 nitrogen and oxygen atoms in total. The van der Waals surface area contributed by atoms with E-state index in [1.807, 2.05) is 43.0 Å². The van der Waals surface area contributed by atoms with Gasteiger partial charge in [0.2, 0.25) is 5.82 Å². The van der Waals surface area contributed by atoms with Gasteiger partial charge in [-0.3, -0.25) is 9.69 Å². The fourth-order valence-corrected chi connectivity index (χ4v) is 4.95. The summed E-state index contributed by atoms with van der Waals surface area (Å²) in [4.78, 5) is 25.1. The first kappa shape index (κ1) is 28.5. The third-order valence-electron chi connectivity index (χ3n) is 7.07. The topological polar surface area (TPSA) is 114 Å². The minimum absolute atomic E-state index is 0.109. The molecule has 3 aromatic rings. The van der Waals surface area contributed by atoms with Gasteiger partial charge in [0, 0.05) is 49.5 Å². The number of nitrogens with zero attached hydrogens (tertiary/aromatic N) is 5. The molecule has 1 unspecified atom stereocenters. The lowest BCUT2D eigenvalue weighted by atomic mass is 10.00. The van der Waals surface area contributed by atoms with Crippen LogP contribution in [0.3, 0.4) is 0 Å². The molecule has 1 fully saturated rings. The average molecular weight is 538 g/mol. The Morgan fingerprint density at radius 1 is 1.13 bits per heavy atom. The summed E-state index contributed by atoms with van der Waals surface area (Å²) in [7, 11) is 1.40. The first-order valence-corrected chi connectivity index (χ1v) is 13.6. The van der Waals surface area contributed by atoms with E-state index in [9.17, 15) is 9.90 Å². The number of carbonyl (C=O) groups is 1. The number of methoxy groups -OCH3 is 1. The molecular formula is C29H39N5O5. The van der Waals surface area contributed by atoms with Crippen molar-refractivity contribution in [2.24, 2.45) is 5.92 Å². The maximum absolute atomic E-state index is 11.6. The van der Waals surface area contributed by atoms with Crippen LogP contribution in [0.5, 0.6) is 5.75 Å². The molecule has 0 bridgehead atoms. The maximum Gasteiger partial charge on any atom is 0.311 e. The van der Waals surface area contributed by atoms with E-state index in [2.05, 4.69) is 35.8 Å². The number of pyridine rings is 1. The number of aromatic nitrogens is 3. The minimum atomic E-state index is -0.669. The zero-order valence-corrected chi connectivity index (χ0v) is 23.7. The first-order chi connectivity index (χ1) is 18.8. The van der Waals surface area contributed by atoms with Crippen LogP contribution in [0, 0.1) is 19.8 Å². The molecule has 1 aliphatic heterocycles. The van der Waals surface area contributed by atoms with Gasteiger partial charge in [0.15, 0.2) is 0 Å². The number of anilines is 1. The van der Waals surface area contributed by atoms with Gasteiger partial charge in [-0.25, -0.2) is 4.98 Å². The summed E-state index contributed by atoms with van der Waals surface area (Å²) in [5, 5.41) is 14.8. The fourth-order valence-electron chi connectivity index (χ4n) is 4.95. The van der Waals surface area contributed by atoms with Crippen LogP contribution in [-0.4, -0.2) is 83.6 Å². The number of aliphatic hydroxyl groups is 1. The highest BCUT2D eigenvalue weighted by Crippen LogP contribution is 2.32. The van der Waals surface area contributed by atoms with Crippen LogP contribution in [0.2, 0.25) is 0 Å². The lowest BCUT2D eigenvalue weighted by Gasteiger charge is -2.38. The number of likely N-dealkylation sites (tertiary alicyclic amines) is 1. The highest BCUT2D eigenvalue weighted by Gasteiger charge is 2.34. The Hall–Kier alpha value is -3.50. The normalized spacial score (nSPS) is 14.6. The Kier molecular flexibility index (Phi) is 9.19. The molecule has 3 heterocycles. The first-order valence-electron chi connectivity index (χ1n) is 13.6. The van der Waals surface area contributed by atoms with Crippen LogP contribution in [0.25, 0.3) is 22.8 Å². The van der Waals surface area contributed by atoms with Crippen LogP contribution >= 0.6 is 0 Å². The maximum atomic E-state index is 11.6. The van der Waals surface area contributed by atoms with Crippen LogP contribution in [0.4, 0.5) is 5.82 Å². The van der Waals surface area contributed by atoms with Gasteiger partial charge in [0.05, 0.1) is 13.0 Å². The van der Waals surface area contributed by atoms with Crippen molar-refractivity contribution < 1.29 is 23.9 Å². The summed E-state index contributed by atoms with van der Waals surface area (Å²) in [5.41, 5.74) is 4.50. The second kappa shape index (κ2) is 12.6. The van der Waals surface area contributed by atoms with Crippen molar-refractivity contribution in [3.63, 3.8) is 0 Å². The van der Waals surface area contributed by atoms with Gasteiger partial charge in [-0.2, -0.15) is 4.98 Å². The summed E-state index contributed by atoms with van der Waals surface area (Å²) < 4.78 is 16.5. The molecule has 4 rings (SSSR count). The van der Waals surface area contributed by atoms with E-state index < -0.39 is 6.10 Å². The molecule has 1 saturated heterocycles. The van der Waals surface area contributed by atoms with Gasteiger partial charge >= 0.3 is 5.97 Å². The van der Waals surface area contributed by atoms with Crippen LogP contribution in [-0.2, 0) is 16.0 Å². The van der Waals surface area contributed by atoms with Gasteiger partial charge in [0.25, 0.3) is 5.89 Å². The van der Waals surface area contributed by atoms with Crippen molar-refractivity contribution >= 4 is 11.8 Å². The number of aryl methyl sites for hydroxylation is 3. The molecular weight excluding hydrogens is 498 g/mol. The van der Waals surface area contributed by atoms with Gasteiger partial charge in [-0.05, 0) is 69.5 Å². The largest absolute Gasteiger partial charge is 0.490 e. The van der Waals surface area contributed by atoms with Crippen molar-refractivity contribution in [3.05, 3.63) is 41.1 Å². The number of hydrogen-bond acceptors (Lipinski definition) is 10. The Bertz CT molecular complexity index is 1280. The number of hydrogen-bond donors (Lipinski definition) is 1.